The number of methoxy groups -OCH3 is 1. The number of halogens is 3. The van der Waals surface area contributed by atoms with Crippen LogP contribution < -0.4 is 4.74 Å². The quantitative estimate of drug-likeness (QED) is 0.452. The Bertz CT molecular complexity index is 1420. The molecule has 0 spiro atoms. The van der Waals surface area contributed by atoms with E-state index in [2.05, 4.69) is 4.98 Å². The van der Waals surface area contributed by atoms with Crippen LogP contribution in [0.15, 0.2) is 72.9 Å². The van der Waals surface area contributed by atoms with Crippen molar-refractivity contribution in [1.82, 2.24) is 19.7 Å². The molecule has 0 radical (unpaired) electrons. The van der Waals surface area contributed by atoms with E-state index in [0.717, 1.165) is 23.8 Å². The molecular weight excluding hydrogens is 533 g/mol. The number of hydrogen-bond acceptors (Lipinski definition) is 5. The number of pyridine rings is 1. The number of carbonyl (C=O) groups is 1. The van der Waals surface area contributed by atoms with Crippen LogP contribution in [-0.4, -0.2) is 83.4 Å². The van der Waals surface area contributed by atoms with Gasteiger partial charge in [-0.25, -0.2) is 22.9 Å². The molecule has 3 aromatic rings. The molecule has 3 heterocycles. The van der Waals surface area contributed by atoms with Crippen molar-refractivity contribution in [2.45, 2.75) is 30.7 Å². The fraction of sp³-hybridized carbons (Fsp3) is 0.355. The summed E-state index contributed by atoms with van der Waals surface area (Å²) in [6.07, 6.45) is 2.34. The van der Waals surface area contributed by atoms with Crippen molar-refractivity contribution in [3.05, 3.63) is 101 Å². The Morgan fingerprint density at radius 3 is 2.66 bits per heavy atom. The molecular formula is C31H33F3N4O3. The maximum absolute atomic E-state index is 15.6. The summed E-state index contributed by atoms with van der Waals surface area (Å²) in [7, 11) is 3.09. The van der Waals surface area contributed by atoms with E-state index in [1.807, 2.05) is 23.1 Å². The normalized spacial score (nSPS) is 22.9. The zero-order chi connectivity index (χ0) is 29.1. The lowest BCUT2D eigenvalue weighted by Crippen LogP contribution is -2.58. The van der Waals surface area contributed by atoms with Gasteiger partial charge >= 0.3 is 6.03 Å². The first kappa shape index (κ1) is 28.6. The van der Waals surface area contributed by atoms with Crippen LogP contribution in [0.25, 0.3) is 5.57 Å². The van der Waals surface area contributed by atoms with Gasteiger partial charge in [0.25, 0.3) is 0 Å². The van der Waals surface area contributed by atoms with E-state index in [1.165, 1.54) is 9.80 Å². The summed E-state index contributed by atoms with van der Waals surface area (Å²) in [4.78, 5) is 22.9. The molecule has 1 aromatic heterocycles. The topological polar surface area (TPSA) is 69.1 Å². The molecule has 0 saturated carbocycles. The van der Waals surface area contributed by atoms with E-state index in [1.54, 1.807) is 50.7 Å². The highest BCUT2D eigenvalue weighted by molar-refractivity contribution is 5.83. The van der Waals surface area contributed by atoms with Gasteiger partial charge in [-0.3, -0.25) is 4.90 Å². The number of aromatic nitrogens is 1. The second-order valence-corrected chi connectivity index (χ2v) is 10.5. The second kappa shape index (κ2) is 11.9. The molecule has 1 N–H and O–H groups in total. The highest BCUT2D eigenvalue weighted by atomic mass is 19.1. The van der Waals surface area contributed by atoms with Crippen LogP contribution in [0.4, 0.5) is 18.0 Å². The molecule has 5 rings (SSSR count). The summed E-state index contributed by atoms with van der Waals surface area (Å²) >= 11 is 0. The van der Waals surface area contributed by atoms with Gasteiger partial charge in [-0.15, -0.1) is 0 Å². The molecule has 0 bridgehead atoms. The summed E-state index contributed by atoms with van der Waals surface area (Å²) < 4.78 is 49.7. The molecule has 2 unspecified atom stereocenters. The van der Waals surface area contributed by atoms with Crippen LogP contribution in [0.2, 0.25) is 0 Å². The molecule has 216 valence electrons. The van der Waals surface area contributed by atoms with E-state index < -0.39 is 42.0 Å². The number of benzene rings is 2. The Labute approximate surface area is 237 Å². The number of ether oxygens (including phenoxy) is 1. The summed E-state index contributed by atoms with van der Waals surface area (Å²) in [6.45, 7) is 0.635. The number of nitrogens with zero attached hydrogens (tertiary/aromatic N) is 4. The maximum Gasteiger partial charge on any atom is 0.321 e. The summed E-state index contributed by atoms with van der Waals surface area (Å²) in [6, 6.07) is 14.5. The van der Waals surface area contributed by atoms with Crippen LogP contribution in [0.1, 0.15) is 23.1 Å². The third-order valence-electron chi connectivity index (χ3n) is 8.05. The van der Waals surface area contributed by atoms with Crippen molar-refractivity contribution >= 4 is 11.6 Å². The molecule has 2 aliphatic heterocycles. The summed E-state index contributed by atoms with van der Waals surface area (Å²) in [5.41, 5.74) is 0.591. The van der Waals surface area contributed by atoms with Gasteiger partial charge in [0.05, 0.1) is 19.8 Å². The maximum atomic E-state index is 15.6. The minimum Gasteiger partial charge on any atom is -0.481 e. The molecule has 0 aliphatic carbocycles. The van der Waals surface area contributed by atoms with E-state index in [0.29, 0.717) is 36.5 Å². The third kappa shape index (κ3) is 5.67. The third-order valence-corrected chi connectivity index (χ3v) is 8.05. The van der Waals surface area contributed by atoms with Crippen molar-refractivity contribution in [2.75, 3.05) is 40.4 Å². The predicted octanol–water partition coefficient (Wildman–Crippen LogP) is 4.62. The molecule has 2 aromatic carbocycles. The molecule has 2 aliphatic rings. The van der Waals surface area contributed by atoms with Crippen molar-refractivity contribution in [1.29, 1.82) is 0 Å². The number of hydrogen-bond donors (Lipinski definition) is 1. The Morgan fingerprint density at radius 1 is 1.17 bits per heavy atom. The Hall–Kier alpha value is -3.89. The lowest BCUT2D eigenvalue weighted by molar-refractivity contribution is 0.0335. The lowest BCUT2D eigenvalue weighted by atomic mass is 9.89. The number of aliphatic hydroxyl groups excluding tert-OH is 1. The first-order valence-electron chi connectivity index (χ1n) is 13.5. The number of aliphatic hydroxyl groups is 1. The number of alkyl halides is 1. The minimum atomic E-state index is -1.34. The number of carbonyl (C=O) groups excluding carboxylic acids is 1. The van der Waals surface area contributed by atoms with Gasteiger partial charge in [-0.2, -0.15) is 0 Å². The highest BCUT2D eigenvalue weighted by Gasteiger charge is 2.47. The molecule has 10 heteroatoms. The van der Waals surface area contributed by atoms with Gasteiger partial charge < -0.3 is 19.6 Å². The number of likely N-dealkylation sites (tertiary alicyclic amines) is 1. The first-order valence-corrected chi connectivity index (χ1v) is 13.5. The predicted molar refractivity (Wildman–Crippen MR) is 149 cm³/mol. The first-order chi connectivity index (χ1) is 19.8. The van der Waals surface area contributed by atoms with Crippen LogP contribution in [-0.2, 0) is 12.1 Å². The van der Waals surface area contributed by atoms with Gasteiger partial charge in [0, 0.05) is 51.1 Å². The number of piperidine rings is 1. The van der Waals surface area contributed by atoms with Crippen molar-refractivity contribution < 1.29 is 27.8 Å². The molecule has 2 amide bonds. The Kier molecular flexibility index (Phi) is 8.32. The Morgan fingerprint density at radius 2 is 1.95 bits per heavy atom. The van der Waals surface area contributed by atoms with Crippen LogP contribution in [0, 0.1) is 11.6 Å². The summed E-state index contributed by atoms with van der Waals surface area (Å²) in [5, 5.41) is 10.7. The largest absolute Gasteiger partial charge is 0.481 e. The lowest BCUT2D eigenvalue weighted by Gasteiger charge is -2.44. The van der Waals surface area contributed by atoms with E-state index >= 15 is 4.39 Å². The zero-order valence-electron chi connectivity index (χ0n) is 23.0. The average molecular weight is 567 g/mol. The van der Waals surface area contributed by atoms with Crippen molar-refractivity contribution in [3.63, 3.8) is 0 Å². The molecule has 1 saturated heterocycles. The van der Waals surface area contributed by atoms with Gasteiger partial charge in [-0.1, -0.05) is 30.3 Å². The van der Waals surface area contributed by atoms with Gasteiger partial charge in [0.15, 0.2) is 0 Å². The van der Waals surface area contributed by atoms with Crippen LogP contribution >= 0.6 is 0 Å². The van der Waals surface area contributed by atoms with E-state index in [9.17, 15) is 18.7 Å². The summed E-state index contributed by atoms with van der Waals surface area (Å²) in [5.74, 6) is -0.763. The smallest absolute Gasteiger partial charge is 0.321 e. The standard InChI is InChI=1S/C31H33F3N4O3/c1-36(28-11-13-37(19-27(28)34)17-21-10-12-35-29(14-21)41-2)30(40)38-18-22(25-15-24(32)8-9-26(25)33)16-31(38,20-39)23-6-4-3-5-7-23/h3-10,12,14-16,27-28,39H,11,13,17-20H2,1-2H3/t27?,28?,31-/m1/s1. The Balaban J connectivity index is 1.38. The fourth-order valence-electron chi connectivity index (χ4n) is 5.84. The molecule has 41 heavy (non-hydrogen) atoms. The zero-order valence-corrected chi connectivity index (χ0v) is 23.0. The minimum absolute atomic E-state index is 0.0149. The van der Waals surface area contributed by atoms with Crippen LogP contribution in [0.3, 0.4) is 0 Å². The SMILES string of the molecule is COc1cc(CN2CCC(N(C)C(=O)N3CC(c4cc(F)ccc4F)=C[C@@]3(CO)c3ccccc3)C(F)C2)ccn1. The number of urea groups is 1. The number of amides is 2. The van der Waals surface area contributed by atoms with Crippen LogP contribution in [0.5, 0.6) is 5.88 Å². The number of rotatable bonds is 7. The van der Waals surface area contributed by atoms with Crippen molar-refractivity contribution in [2.24, 2.45) is 0 Å². The van der Waals surface area contributed by atoms with E-state index in [-0.39, 0.29) is 18.7 Å². The van der Waals surface area contributed by atoms with Gasteiger partial charge in [0.1, 0.15) is 23.3 Å². The average Bonchev–Trinajstić information content (AvgIpc) is 3.39. The molecule has 1 fully saturated rings. The van der Waals surface area contributed by atoms with E-state index in [4.69, 9.17) is 4.74 Å². The van der Waals surface area contributed by atoms with Gasteiger partial charge in [-0.05, 0) is 53.5 Å². The molecule has 7 nitrogen and oxygen atoms in total. The second-order valence-electron chi connectivity index (χ2n) is 10.5. The fourth-order valence-corrected chi connectivity index (χ4v) is 5.84. The highest BCUT2D eigenvalue weighted by Crippen LogP contribution is 2.41. The monoisotopic (exact) mass is 566 g/mol. The van der Waals surface area contributed by atoms with Crippen molar-refractivity contribution in [3.8, 4) is 5.88 Å². The molecule has 3 atom stereocenters. The van der Waals surface area contributed by atoms with Gasteiger partial charge in [0.2, 0.25) is 5.88 Å².